The summed E-state index contributed by atoms with van der Waals surface area (Å²) in [6.45, 7) is 0. The zero-order chi connectivity index (χ0) is 12.8. The molecule has 4 fully saturated rings. The summed E-state index contributed by atoms with van der Waals surface area (Å²) in [6.07, 6.45) is 11.6. The van der Waals surface area contributed by atoms with Gasteiger partial charge in [-0.25, -0.2) is 0 Å². The predicted octanol–water partition coefficient (Wildman–Crippen LogP) is 5.06. The molecule has 0 aromatic rings. The van der Waals surface area contributed by atoms with Crippen LogP contribution in [0, 0.1) is 23.7 Å². The summed E-state index contributed by atoms with van der Waals surface area (Å²) in [5, 5.41) is 1.19. The Hall–Kier alpha value is 1.36. The Kier molecular flexibility index (Phi) is 4.32. The minimum atomic E-state index is -0.623. The zero-order valence-electron chi connectivity index (χ0n) is 11.2. The summed E-state index contributed by atoms with van der Waals surface area (Å²) >= 11 is 0. The Balaban J connectivity index is 1.48. The second-order valence-corrected chi connectivity index (χ2v) is 13.9. The molecule has 0 bridgehead atoms. The Morgan fingerprint density at radius 2 is 1.53 bits per heavy atom. The van der Waals surface area contributed by atoms with Gasteiger partial charge in [0.05, 0.1) is 5.25 Å². The second kappa shape index (κ2) is 5.86. The van der Waals surface area contributed by atoms with E-state index in [0.29, 0.717) is 10.5 Å². The largest absolute Gasteiger partial charge is 0.604 e. The maximum atomic E-state index is 12.2. The monoisotopic (exact) mass is 334 g/mol. The number of fused-ring (bicyclic) bond motifs is 3. The fourth-order valence-electron chi connectivity index (χ4n) is 4.99. The van der Waals surface area contributed by atoms with Gasteiger partial charge >= 0.3 is 0 Å². The lowest BCUT2D eigenvalue weighted by Gasteiger charge is -2.49. The van der Waals surface area contributed by atoms with Gasteiger partial charge in [0, 0.05) is 26.5 Å². The lowest BCUT2D eigenvalue weighted by molar-refractivity contribution is 0.0549. The first-order valence-corrected chi connectivity index (χ1v) is 13.0. The van der Waals surface area contributed by atoms with E-state index in [1.54, 1.807) is 19.7 Å². The highest BCUT2D eigenvalue weighted by atomic mass is 33.7. The fourth-order valence-corrected chi connectivity index (χ4v) is 14.6. The molecule has 0 aromatic carbocycles. The van der Waals surface area contributed by atoms with Gasteiger partial charge in [-0.3, -0.25) is 0 Å². The first-order valence-electron chi connectivity index (χ1n) is 7.72. The molecule has 0 amide bonds. The van der Waals surface area contributed by atoms with Crippen molar-refractivity contribution in [1.29, 1.82) is 0 Å². The van der Waals surface area contributed by atoms with Gasteiger partial charge in [0.15, 0.2) is 9.83 Å². The summed E-state index contributed by atoms with van der Waals surface area (Å²) in [5.74, 6) is 3.95. The summed E-state index contributed by atoms with van der Waals surface area (Å²) in [7, 11) is 4.80. The molecule has 7 unspecified atom stereocenters. The first-order chi connectivity index (χ1) is 9.31. The molecule has 0 aromatic heterocycles. The van der Waals surface area contributed by atoms with Crippen LogP contribution in [0.5, 0.6) is 0 Å². The van der Waals surface area contributed by atoms with E-state index in [9.17, 15) is 4.55 Å². The standard InChI is InChI=1S/C14H22OS4/c15-19-14-8-12-6-10-4-2-1-3-9(10)5-11(12)7-13(14)16-17-18-19/h9-14H,1-8H2. The molecule has 0 spiro atoms. The highest BCUT2D eigenvalue weighted by molar-refractivity contribution is 9.25. The van der Waals surface area contributed by atoms with Crippen molar-refractivity contribution in [2.24, 2.45) is 23.7 Å². The van der Waals surface area contributed by atoms with Crippen molar-refractivity contribution < 1.29 is 4.55 Å². The third-order valence-corrected chi connectivity index (χ3v) is 14.4. The second-order valence-electron chi connectivity index (χ2n) is 6.84. The van der Waals surface area contributed by atoms with Gasteiger partial charge in [-0.15, -0.1) is 0 Å². The average Bonchev–Trinajstić information content (AvgIpc) is 2.44. The van der Waals surface area contributed by atoms with Gasteiger partial charge in [-0.1, -0.05) is 36.5 Å². The molecular formula is C14H22OS4. The van der Waals surface area contributed by atoms with Gasteiger partial charge in [0.2, 0.25) is 0 Å². The summed E-state index contributed by atoms with van der Waals surface area (Å²) < 4.78 is 12.2. The Bertz CT molecular complexity index is 339. The summed E-state index contributed by atoms with van der Waals surface area (Å²) in [6, 6.07) is 0. The molecule has 108 valence electrons. The quantitative estimate of drug-likeness (QED) is 0.456. The minimum absolute atomic E-state index is 0.498. The van der Waals surface area contributed by atoms with Crippen LogP contribution in [0.15, 0.2) is 0 Å². The van der Waals surface area contributed by atoms with E-state index in [0.717, 1.165) is 23.7 Å². The van der Waals surface area contributed by atoms with Gasteiger partial charge in [-0.05, 0) is 42.9 Å². The van der Waals surface area contributed by atoms with Crippen molar-refractivity contribution in [1.82, 2.24) is 0 Å². The molecule has 19 heavy (non-hydrogen) atoms. The van der Waals surface area contributed by atoms with Crippen molar-refractivity contribution in [3.05, 3.63) is 0 Å². The van der Waals surface area contributed by atoms with Crippen LogP contribution in [0.25, 0.3) is 0 Å². The summed E-state index contributed by atoms with van der Waals surface area (Å²) in [5.41, 5.74) is 0. The Morgan fingerprint density at radius 1 is 0.842 bits per heavy atom. The molecule has 4 rings (SSSR count). The molecule has 5 heteroatoms. The highest BCUT2D eigenvalue weighted by Crippen LogP contribution is 2.59. The molecule has 7 atom stereocenters. The van der Waals surface area contributed by atoms with Crippen molar-refractivity contribution in [3.63, 3.8) is 0 Å². The lowest BCUT2D eigenvalue weighted by atomic mass is 9.60. The van der Waals surface area contributed by atoms with E-state index in [-0.39, 0.29) is 0 Å². The number of rotatable bonds is 0. The number of hydrogen-bond donors (Lipinski definition) is 0. The number of hydrogen-bond acceptors (Lipinski definition) is 4. The van der Waals surface area contributed by atoms with E-state index in [2.05, 4.69) is 0 Å². The molecular weight excluding hydrogens is 312 g/mol. The summed E-state index contributed by atoms with van der Waals surface area (Å²) in [4.78, 5) is 0. The Morgan fingerprint density at radius 3 is 2.26 bits per heavy atom. The van der Waals surface area contributed by atoms with Gasteiger partial charge in [0.25, 0.3) is 0 Å². The predicted molar refractivity (Wildman–Crippen MR) is 89.4 cm³/mol. The fraction of sp³-hybridized carbons (Fsp3) is 1.00. The molecule has 1 nitrogen and oxygen atoms in total. The highest BCUT2D eigenvalue weighted by Gasteiger charge is 2.50. The first kappa shape index (κ1) is 14.0. The molecule has 1 aliphatic heterocycles. The third-order valence-electron chi connectivity index (χ3n) is 5.93. The van der Waals surface area contributed by atoms with Gasteiger partial charge < -0.3 is 4.55 Å². The van der Waals surface area contributed by atoms with Crippen LogP contribution in [-0.2, 0) is 10.2 Å². The minimum Gasteiger partial charge on any atom is -0.604 e. The van der Waals surface area contributed by atoms with E-state index >= 15 is 0 Å². The maximum absolute atomic E-state index is 12.2. The zero-order valence-corrected chi connectivity index (χ0v) is 14.4. The van der Waals surface area contributed by atoms with E-state index < -0.39 is 10.2 Å². The maximum Gasteiger partial charge on any atom is 0.172 e. The van der Waals surface area contributed by atoms with Crippen molar-refractivity contribution >= 4 is 40.7 Å². The van der Waals surface area contributed by atoms with E-state index in [1.807, 2.05) is 10.8 Å². The van der Waals surface area contributed by atoms with Gasteiger partial charge in [0.1, 0.15) is 5.25 Å². The molecule has 3 saturated carbocycles. The van der Waals surface area contributed by atoms with Crippen molar-refractivity contribution in [3.8, 4) is 0 Å². The molecule has 3 aliphatic carbocycles. The topological polar surface area (TPSA) is 23.1 Å². The molecule has 0 N–H and O–H groups in total. The molecule has 0 radical (unpaired) electrons. The molecule has 1 heterocycles. The van der Waals surface area contributed by atoms with Crippen LogP contribution < -0.4 is 0 Å². The van der Waals surface area contributed by atoms with Crippen LogP contribution in [0.4, 0.5) is 0 Å². The van der Waals surface area contributed by atoms with Crippen molar-refractivity contribution in [2.45, 2.75) is 61.9 Å². The Labute approximate surface area is 130 Å². The normalized spacial score (nSPS) is 53.8. The molecule has 1 saturated heterocycles. The van der Waals surface area contributed by atoms with Crippen LogP contribution in [-0.4, -0.2) is 15.1 Å². The van der Waals surface area contributed by atoms with Crippen LogP contribution in [0.1, 0.15) is 51.4 Å². The van der Waals surface area contributed by atoms with E-state index in [1.165, 1.54) is 51.4 Å². The van der Waals surface area contributed by atoms with E-state index in [4.69, 9.17) is 0 Å². The van der Waals surface area contributed by atoms with Crippen molar-refractivity contribution in [2.75, 3.05) is 0 Å². The SMILES string of the molecule is [O-][S+]1SSSC2CC3CC4CCCCC4CC3CC21. The van der Waals surface area contributed by atoms with Crippen LogP contribution in [0.2, 0.25) is 0 Å². The van der Waals surface area contributed by atoms with Crippen LogP contribution in [0.3, 0.4) is 0 Å². The van der Waals surface area contributed by atoms with Gasteiger partial charge in [-0.2, -0.15) is 0 Å². The third kappa shape index (κ3) is 2.71. The molecule has 4 aliphatic rings. The average molecular weight is 335 g/mol. The lowest BCUT2D eigenvalue weighted by Crippen LogP contribution is -2.46. The smallest absolute Gasteiger partial charge is 0.172 e. The van der Waals surface area contributed by atoms with Crippen LogP contribution >= 0.6 is 30.4 Å².